The first-order chi connectivity index (χ1) is 7.35. The van der Waals surface area contributed by atoms with E-state index in [0.29, 0.717) is 5.60 Å². The van der Waals surface area contributed by atoms with Gasteiger partial charge >= 0.3 is 0 Å². The lowest BCUT2D eigenvalue weighted by atomic mass is 9.72. The molecule has 1 unspecified atom stereocenters. The van der Waals surface area contributed by atoms with E-state index in [1.54, 1.807) is 0 Å². The van der Waals surface area contributed by atoms with Crippen LogP contribution in [0, 0.1) is 5.92 Å². The fraction of sp³-hybridized carbons (Fsp3) is 0.846. The van der Waals surface area contributed by atoms with Crippen molar-refractivity contribution in [1.82, 2.24) is 5.32 Å². The molecular formula is C13H23NO. The third-order valence-electron chi connectivity index (χ3n) is 3.77. The summed E-state index contributed by atoms with van der Waals surface area (Å²) in [5, 5.41) is 3.17. The van der Waals surface area contributed by atoms with Crippen molar-refractivity contribution >= 4 is 0 Å². The quantitative estimate of drug-likeness (QED) is 0.567. The van der Waals surface area contributed by atoms with Crippen LogP contribution in [-0.2, 0) is 4.74 Å². The molecule has 15 heavy (non-hydrogen) atoms. The Labute approximate surface area is 93.1 Å². The zero-order chi connectivity index (χ0) is 10.6. The molecule has 1 saturated heterocycles. The molecule has 2 fully saturated rings. The maximum absolute atomic E-state index is 5.91. The van der Waals surface area contributed by atoms with Crippen LogP contribution < -0.4 is 5.32 Å². The Morgan fingerprint density at radius 2 is 2.33 bits per heavy atom. The summed E-state index contributed by atoms with van der Waals surface area (Å²) in [6.07, 6.45) is 12.4. The highest BCUT2D eigenvalue weighted by atomic mass is 16.5. The summed E-state index contributed by atoms with van der Waals surface area (Å²) in [4.78, 5) is 0. The number of hydrogen-bond donors (Lipinski definition) is 1. The second-order valence-electron chi connectivity index (χ2n) is 4.96. The zero-order valence-electron chi connectivity index (χ0n) is 9.80. The normalized spacial score (nSPS) is 29.5. The van der Waals surface area contributed by atoms with Crippen LogP contribution in [0.2, 0.25) is 0 Å². The van der Waals surface area contributed by atoms with Gasteiger partial charge in [-0.05, 0) is 58.0 Å². The number of rotatable bonds is 4. The number of ether oxygens (including phenoxy) is 1. The fourth-order valence-electron chi connectivity index (χ4n) is 2.67. The van der Waals surface area contributed by atoms with Gasteiger partial charge in [-0.15, -0.1) is 0 Å². The monoisotopic (exact) mass is 209 g/mol. The summed E-state index contributed by atoms with van der Waals surface area (Å²) >= 11 is 0. The fourth-order valence-corrected chi connectivity index (χ4v) is 2.67. The molecule has 1 atom stereocenters. The molecule has 0 aromatic rings. The molecule has 1 N–H and O–H groups in total. The van der Waals surface area contributed by atoms with E-state index < -0.39 is 0 Å². The molecule has 2 rings (SSSR count). The van der Waals surface area contributed by atoms with E-state index in [-0.39, 0.29) is 0 Å². The Balaban J connectivity index is 1.75. The Kier molecular flexibility index (Phi) is 3.81. The van der Waals surface area contributed by atoms with Gasteiger partial charge in [-0.3, -0.25) is 0 Å². The molecule has 0 aromatic carbocycles. The maximum Gasteiger partial charge on any atom is 0.0688 e. The number of hydrogen-bond acceptors (Lipinski definition) is 2. The topological polar surface area (TPSA) is 21.3 Å². The molecule has 1 heterocycles. The second-order valence-corrected chi connectivity index (χ2v) is 4.96. The summed E-state index contributed by atoms with van der Waals surface area (Å²) < 4.78 is 5.91. The van der Waals surface area contributed by atoms with Crippen molar-refractivity contribution in [1.29, 1.82) is 0 Å². The van der Waals surface area contributed by atoms with E-state index in [1.807, 2.05) is 7.05 Å². The van der Waals surface area contributed by atoms with Crippen molar-refractivity contribution in [3.05, 3.63) is 12.2 Å². The number of nitrogens with one attached hydrogen (secondary N) is 1. The average molecular weight is 209 g/mol. The molecule has 86 valence electrons. The summed E-state index contributed by atoms with van der Waals surface area (Å²) in [6.45, 7) is 2.06. The highest BCUT2D eigenvalue weighted by molar-refractivity contribution is 5.00. The molecule has 2 aliphatic rings. The predicted octanol–water partition coefficient (Wildman–Crippen LogP) is 2.50. The summed E-state index contributed by atoms with van der Waals surface area (Å²) in [5.74, 6) is 0.774. The van der Waals surface area contributed by atoms with Gasteiger partial charge in [-0.2, -0.15) is 0 Å². The van der Waals surface area contributed by atoms with Gasteiger partial charge in [0.25, 0.3) is 0 Å². The lowest BCUT2D eigenvalue weighted by molar-refractivity contribution is -0.137. The third kappa shape index (κ3) is 2.82. The van der Waals surface area contributed by atoms with Crippen molar-refractivity contribution in [2.75, 3.05) is 20.2 Å². The van der Waals surface area contributed by atoms with Crippen molar-refractivity contribution in [2.24, 2.45) is 5.92 Å². The van der Waals surface area contributed by atoms with Gasteiger partial charge < -0.3 is 10.1 Å². The lowest BCUT2D eigenvalue weighted by Gasteiger charge is -2.46. The Hall–Kier alpha value is -0.340. The summed E-state index contributed by atoms with van der Waals surface area (Å²) in [7, 11) is 2.01. The van der Waals surface area contributed by atoms with Crippen LogP contribution in [0.15, 0.2) is 12.2 Å². The molecule has 2 heteroatoms. The van der Waals surface area contributed by atoms with Gasteiger partial charge in [0.15, 0.2) is 0 Å². The standard InChI is InChI=1S/C13H23NO/c1-14-9-3-2-5-12-6-10-15-13(11-12)7-4-8-13/h2,5,12,14H,3-4,6-11H2,1H3. The van der Waals surface area contributed by atoms with Crippen LogP contribution in [-0.4, -0.2) is 25.8 Å². The molecule has 1 spiro atoms. The van der Waals surface area contributed by atoms with Crippen molar-refractivity contribution in [3.8, 4) is 0 Å². The van der Waals surface area contributed by atoms with Crippen LogP contribution in [0.25, 0.3) is 0 Å². The molecule has 0 amide bonds. The minimum absolute atomic E-state index is 0.302. The minimum Gasteiger partial charge on any atom is -0.375 e. The van der Waals surface area contributed by atoms with Crippen molar-refractivity contribution in [2.45, 2.75) is 44.1 Å². The van der Waals surface area contributed by atoms with Gasteiger partial charge in [0, 0.05) is 6.61 Å². The van der Waals surface area contributed by atoms with Crippen LogP contribution in [0.4, 0.5) is 0 Å². The third-order valence-corrected chi connectivity index (χ3v) is 3.77. The van der Waals surface area contributed by atoms with Crippen LogP contribution >= 0.6 is 0 Å². The first-order valence-corrected chi connectivity index (χ1v) is 6.30. The molecule has 0 radical (unpaired) electrons. The highest BCUT2D eigenvalue weighted by Crippen LogP contribution is 2.44. The van der Waals surface area contributed by atoms with E-state index in [1.165, 1.54) is 32.1 Å². The smallest absolute Gasteiger partial charge is 0.0688 e. The summed E-state index contributed by atoms with van der Waals surface area (Å²) in [5.41, 5.74) is 0.302. The van der Waals surface area contributed by atoms with E-state index >= 15 is 0 Å². The van der Waals surface area contributed by atoms with E-state index in [0.717, 1.165) is 25.5 Å². The minimum atomic E-state index is 0.302. The van der Waals surface area contributed by atoms with Gasteiger partial charge in [-0.1, -0.05) is 12.2 Å². The van der Waals surface area contributed by atoms with E-state index in [2.05, 4.69) is 17.5 Å². The SMILES string of the molecule is CNCCC=CC1CCOC2(CCC2)C1. The van der Waals surface area contributed by atoms with Gasteiger partial charge in [0.1, 0.15) is 0 Å². The van der Waals surface area contributed by atoms with Crippen LogP contribution in [0.3, 0.4) is 0 Å². The Bertz CT molecular complexity index is 221. The van der Waals surface area contributed by atoms with Gasteiger partial charge in [0.2, 0.25) is 0 Å². The first kappa shape index (κ1) is 11.2. The predicted molar refractivity (Wildman–Crippen MR) is 62.9 cm³/mol. The van der Waals surface area contributed by atoms with E-state index in [9.17, 15) is 0 Å². The lowest BCUT2D eigenvalue weighted by Crippen LogP contribution is -2.45. The van der Waals surface area contributed by atoms with Crippen LogP contribution in [0.5, 0.6) is 0 Å². The molecule has 1 aliphatic heterocycles. The Morgan fingerprint density at radius 3 is 3.00 bits per heavy atom. The molecule has 0 bridgehead atoms. The van der Waals surface area contributed by atoms with Crippen LogP contribution in [0.1, 0.15) is 38.5 Å². The molecule has 1 aliphatic carbocycles. The van der Waals surface area contributed by atoms with E-state index in [4.69, 9.17) is 4.74 Å². The summed E-state index contributed by atoms with van der Waals surface area (Å²) in [6, 6.07) is 0. The largest absolute Gasteiger partial charge is 0.375 e. The highest BCUT2D eigenvalue weighted by Gasteiger charge is 2.41. The molecule has 2 nitrogen and oxygen atoms in total. The Morgan fingerprint density at radius 1 is 1.47 bits per heavy atom. The van der Waals surface area contributed by atoms with Gasteiger partial charge in [0.05, 0.1) is 5.60 Å². The van der Waals surface area contributed by atoms with Gasteiger partial charge in [-0.25, -0.2) is 0 Å². The average Bonchev–Trinajstić information content (AvgIpc) is 2.23. The molecule has 1 saturated carbocycles. The molecule has 0 aromatic heterocycles. The number of allylic oxidation sites excluding steroid dienone is 1. The van der Waals surface area contributed by atoms with Crippen molar-refractivity contribution in [3.63, 3.8) is 0 Å². The molecular weight excluding hydrogens is 186 g/mol. The first-order valence-electron chi connectivity index (χ1n) is 6.30. The van der Waals surface area contributed by atoms with Crippen molar-refractivity contribution < 1.29 is 4.74 Å². The second kappa shape index (κ2) is 5.13. The maximum atomic E-state index is 5.91. The zero-order valence-corrected chi connectivity index (χ0v) is 9.80.